The minimum atomic E-state index is -1.12. The van der Waals surface area contributed by atoms with Crippen molar-refractivity contribution >= 4 is 46.9 Å². The van der Waals surface area contributed by atoms with Crippen molar-refractivity contribution in [1.29, 1.82) is 5.26 Å². The van der Waals surface area contributed by atoms with Crippen LogP contribution in [0.25, 0.3) is 0 Å². The van der Waals surface area contributed by atoms with E-state index >= 15 is 0 Å². The number of hydrogen-bond donors (Lipinski definition) is 0. The van der Waals surface area contributed by atoms with Gasteiger partial charge in [-0.1, -0.05) is 23.2 Å². The number of nitrogens with zero attached hydrogens (tertiary/aromatic N) is 3. The van der Waals surface area contributed by atoms with Crippen molar-refractivity contribution in [1.82, 2.24) is 9.80 Å². The molecule has 142 valence electrons. The van der Waals surface area contributed by atoms with Crippen molar-refractivity contribution < 1.29 is 23.9 Å². The SMILES string of the molecule is C[C@H](OC(=O)CN1C(=O)c2cc(Cl)c(Cl)cc2C1=O)C(=O)N(C)CCC#N. The smallest absolute Gasteiger partial charge is 0.326 e. The highest BCUT2D eigenvalue weighted by atomic mass is 35.5. The molecule has 0 aromatic heterocycles. The van der Waals surface area contributed by atoms with Gasteiger partial charge in [-0.25, -0.2) is 0 Å². The predicted molar refractivity (Wildman–Crippen MR) is 95.3 cm³/mol. The minimum Gasteiger partial charge on any atom is -0.451 e. The van der Waals surface area contributed by atoms with Gasteiger partial charge in [0.05, 0.1) is 33.7 Å². The van der Waals surface area contributed by atoms with E-state index in [9.17, 15) is 19.2 Å². The highest BCUT2D eigenvalue weighted by molar-refractivity contribution is 6.43. The number of carbonyl (C=O) groups is 4. The van der Waals surface area contributed by atoms with Gasteiger partial charge in [0, 0.05) is 13.6 Å². The Morgan fingerprint density at radius 1 is 1.22 bits per heavy atom. The molecule has 1 aliphatic rings. The maximum Gasteiger partial charge on any atom is 0.326 e. The molecule has 3 amide bonds. The second kappa shape index (κ2) is 8.37. The van der Waals surface area contributed by atoms with Gasteiger partial charge in [0.2, 0.25) is 0 Å². The quantitative estimate of drug-likeness (QED) is 0.522. The van der Waals surface area contributed by atoms with Gasteiger partial charge >= 0.3 is 5.97 Å². The van der Waals surface area contributed by atoms with Gasteiger partial charge in [-0.2, -0.15) is 5.26 Å². The number of rotatable bonds is 6. The van der Waals surface area contributed by atoms with Gasteiger partial charge in [0.15, 0.2) is 6.10 Å². The molecule has 0 bridgehead atoms. The van der Waals surface area contributed by atoms with Crippen LogP contribution in [0.4, 0.5) is 0 Å². The van der Waals surface area contributed by atoms with Crippen molar-refractivity contribution in [2.45, 2.75) is 19.4 Å². The van der Waals surface area contributed by atoms with E-state index in [0.717, 1.165) is 0 Å². The van der Waals surface area contributed by atoms with Crippen LogP contribution in [0.3, 0.4) is 0 Å². The highest BCUT2D eigenvalue weighted by Crippen LogP contribution is 2.31. The Kier molecular flexibility index (Phi) is 6.41. The first-order valence-electron chi connectivity index (χ1n) is 7.84. The number of fused-ring (bicyclic) bond motifs is 1. The number of amides is 3. The monoisotopic (exact) mass is 411 g/mol. The number of nitriles is 1. The molecule has 8 nitrogen and oxygen atoms in total. The number of benzene rings is 1. The molecule has 1 aromatic carbocycles. The van der Waals surface area contributed by atoms with Crippen molar-refractivity contribution in [3.05, 3.63) is 33.3 Å². The Labute approximate surface area is 165 Å². The summed E-state index contributed by atoms with van der Waals surface area (Å²) in [4.78, 5) is 50.8. The topological polar surface area (TPSA) is 108 Å². The van der Waals surface area contributed by atoms with E-state index < -0.39 is 36.3 Å². The summed E-state index contributed by atoms with van der Waals surface area (Å²) in [6.45, 7) is 0.906. The fourth-order valence-electron chi connectivity index (χ4n) is 2.48. The molecule has 0 unspecified atom stereocenters. The number of carbonyl (C=O) groups excluding carboxylic acids is 4. The van der Waals surface area contributed by atoms with Crippen LogP contribution in [0.5, 0.6) is 0 Å². The lowest BCUT2D eigenvalue weighted by Gasteiger charge is -2.21. The number of hydrogen-bond acceptors (Lipinski definition) is 6. The first-order chi connectivity index (χ1) is 12.7. The van der Waals surface area contributed by atoms with Crippen LogP contribution < -0.4 is 0 Å². The van der Waals surface area contributed by atoms with E-state index in [2.05, 4.69) is 0 Å². The maximum absolute atomic E-state index is 12.3. The summed E-state index contributed by atoms with van der Waals surface area (Å²) in [5.74, 6) is -2.82. The summed E-state index contributed by atoms with van der Waals surface area (Å²) in [7, 11) is 1.47. The molecule has 27 heavy (non-hydrogen) atoms. The summed E-state index contributed by atoms with van der Waals surface area (Å²) in [6.07, 6.45) is -0.983. The van der Waals surface area contributed by atoms with Gasteiger partial charge in [0.25, 0.3) is 17.7 Å². The maximum atomic E-state index is 12.3. The van der Waals surface area contributed by atoms with Crippen LogP contribution in [-0.4, -0.2) is 59.7 Å². The fraction of sp³-hybridized carbons (Fsp3) is 0.353. The predicted octanol–water partition coefficient (Wildman–Crippen LogP) is 1.89. The van der Waals surface area contributed by atoms with Gasteiger partial charge in [-0.3, -0.25) is 24.1 Å². The lowest BCUT2D eigenvalue weighted by molar-refractivity contribution is -0.158. The molecule has 0 radical (unpaired) electrons. The normalized spacial score (nSPS) is 13.8. The average molecular weight is 412 g/mol. The van der Waals surface area contributed by atoms with Gasteiger partial charge in [0.1, 0.15) is 6.54 Å². The molecule has 1 atom stereocenters. The van der Waals surface area contributed by atoms with E-state index in [-0.39, 0.29) is 34.1 Å². The summed E-state index contributed by atoms with van der Waals surface area (Å²) in [5, 5.41) is 8.76. The summed E-state index contributed by atoms with van der Waals surface area (Å²) < 4.78 is 5.01. The molecule has 0 spiro atoms. The molecule has 0 saturated heterocycles. The Balaban J connectivity index is 2.02. The standard InChI is InChI=1S/C17H15Cl2N3O5/c1-9(15(24)21(2)5-3-4-20)27-14(23)8-22-16(25)10-6-12(18)13(19)7-11(10)17(22)26/h6-7,9H,3,5,8H2,1-2H3/t9-/m0/s1. The van der Waals surface area contributed by atoms with E-state index in [4.69, 9.17) is 33.2 Å². The number of halogens is 2. The zero-order valence-electron chi connectivity index (χ0n) is 14.5. The zero-order chi connectivity index (χ0) is 20.3. The van der Waals surface area contributed by atoms with Crippen LogP contribution in [-0.2, 0) is 14.3 Å². The lowest BCUT2D eigenvalue weighted by Crippen LogP contribution is -2.41. The molecule has 1 aliphatic heterocycles. The summed E-state index contributed by atoms with van der Waals surface area (Å²) >= 11 is 11.7. The summed E-state index contributed by atoms with van der Waals surface area (Å²) in [6, 6.07) is 4.44. The van der Waals surface area contributed by atoms with Crippen molar-refractivity contribution in [3.63, 3.8) is 0 Å². The van der Waals surface area contributed by atoms with Crippen LogP contribution in [0, 0.1) is 11.3 Å². The number of esters is 1. The third-order valence-electron chi connectivity index (χ3n) is 3.89. The number of likely N-dealkylation sites (N-methyl/N-ethyl adjacent to an activating group) is 1. The minimum absolute atomic E-state index is 0.0440. The zero-order valence-corrected chi connectivity index (χ0v) is 16.0. The van der Waals surface area contributed by atoms with E-state index in [1.54, 1.807) is 0 Å². The molecular formula is C17H15Cl2N3O5. The Morgan fingerprint density at radius 3 is 2.22 bits per heavy atom. The van der Waals surface area contributed by atoms with Crippen LogP contribution in [0.2, 0.25) is 10.0 Å². The van der Waals surface area contributed by atoms with Crippen molar-refractivity contribution in [2.75, 3.05) is 20.1 Å². The third-order valence-corrected chi connectivity index (χ3v) is 4.61. The second-order valence-electron chi connectivity index (χ2n) is 5.81. The van der Waals surface area contributed by atoms with E-state index in [1.165, 1.54) is 31.0 Å². The van der Waals surface area contributed by atoms with Crippen LogP contribution >= 0.6 is 23.2 Å². The summed E-state index contributed by atoms with van der Waals surface area (Å²) in [5.41, 5.74) is 0.0881. The molecule has 0 saturated carbocycles. The van der Waals surface area contributed by atoms with Gasteiger partial charge < -0.3 is 9.64 Å². The molecule has 1 heterocycles. The van der Waals surface area contributed by atoms with Crippen LogP contribution in [0.15, 0.2) is 12.1 Å². The van der Waals surface area contributed by atoms with Crippen LogP contribution in [0.1, 0.15) is 34.1 Å². The van der Waals surface area contributed by atoms with Gasteiger partial charge in [-0.05, 0) is 19.1 Å². The number of imide groups is 1. The van der Waals surface area contributed by atoms with E-state index in [1.807, 2.05) is 6.07 Å². The second-order valence-corrected chi connectivity index (χ2v) is 6.62. The molecule has 0 fully saturated rings. The molecule has 0 aliphatic carbocycles. The Bertz CT molecular complexity index is 824. The van der Waals surface area contributed by atoms with Gasteiger partial charge in [-0.15, -0.1) is 0 Å². The van der Waals surface area contributed by atoms with E-state index in [0.29, 0.717) is 4.90 Å². The molecule has 2 rings (SSSR count). The Morgan fingerprint density at radius 2 is 1.74 bits per heavy atom. The third kappa shape index (κ3) is 4.38. The molecule has 0 N–H and O–H groups in total. The lowest BCUT2D eigenvalue weighted by atomic mass is 10.1. The number of ether oxygens (including phenoxy) is 1. The molecular weight excluding hydrogens is 397 g/mol. The largest absolute Gasteiger partial charge is 0.451 e. The molecule has 1 aromatic rings. The van der Waals surface area contributed by atoms with Crippen molar-refractivity contribution in [2.24, 2.45) is 0 Å². The first kappa shape index (κ1) is 20.7. The first-order valence-corrected chi connectivity index (χ1v) is 8.59. The highest BCUT2D eigenvalue weighted by Gasteiger charge is 2.38. The molecule has 10 heteroatoms. The Hall–Kier alpha value is -2.63. The average Bonchev–Trinajstić information content (AvgIpc) is 2.84. The fourth-order valence-corrected chi connectivity index (χ4v) is 2.81. The van der Waals surface area contributed by atoms with Crippen molar-refractivity contribution in [3.8, 4) is 6.07 Å².